The van der Waals surface area contributed by atoms with Crippen LogP contribution in [0.5, 0.6) is 0 Å². The quantitative estimate of drug-likeness (QED) is 0.702. The molecule has 0 spiro atoms. The number of carboxylic acids is 1. The second-order valence-corrected chi connectivity index (χ2v) is 4.36. The van der Waals surface area contributed by atoms with Crippen LogP contribution in [0.15, 0.2) is 0 Å². The lowest BCUT2D eigenvalue weighted by atomic mass is 10.2. The lowest BCUT2D eigenvalue weighted by Gasteiger charge is -2.19. The normalized spacial score (nSPS) is 28.6. The Kier molecular flexibility index (Phi) is 2.42. The second kappa shape index (κ2) is 3.05. The minimum absolute atomic E-state index is 0.146. The molecule has 0 unspecified atom stereocenters. The van der Waals surface area contributed by atoms with E-state index in [0.717, 1.165) is 6.42 Å². The Balaban J connectivity index is 2.16. The molecule has 1 fully saturated rings. The molecule has 1 aliphatic carbocycles. The summed E-state index contributed by atoms with van der Waals surface area (Å²) in [5.74, 6) is -0.577. The van der Waals surface area contributed by atoms with Crippen LogP contribution in [0, 0.1) is 11.8 Å². The van der Waals surface area contributed by atoms with E-state index < -0.39 is 5.97 Å². The van der Waals surface area contributed by atoms with Crippen molar-refractivity contribution in [2.75, 3.05) is 6.61 Å². The van der Waals surface area contributed by atoms with Crippen molar-refractivity contribution < 1.29 is 14.6 Å². The Labute approximate surface area is 72.7 Å². The molecule has 0 heterocycles. The van der Waals surface area contributed by atoms with E-state index in [4.69, 9.17) is 9.84 Å². The summed E-state index contributed by atoms with van der Waals surface area (Å²) in [6.07, 6.45) is 0.783. The number of hydrogen-bond acceptors (Lipinski definition) is 2. The average molecular weight is 172 g/mol. The molecule has 0 amide bonds. The first-order chi connectivity index (χ1) is 5.40. The molecule has 0 aromatic heterocycles. The van der Waals surface area contributed by atoms with Gasteiger partial charge in [0.05, 0.1) is 18.1 Å². The summed E-state index contributed by atoms with van der Waals surface area (Å²) in [5, 5.41) is 8.60. The van der Waals surface area contributed by atoms with Gasteiger partial charge in [-0.15, -0.1) is 0 Å². The fourth-order valence-electron chi connectivity index (χ4n) is 1.09. The highest BCUT2D eigenvalue weighted by Gasteiger charge is 2.43. The molecule has 1 rings (SSSR count). The van der Waals surface area contributed by atoms with Gasteiger partial charge in [-0.25, -0.2) is 0 Å². The molecule has 0 aliphatic heterocycles. The van der Waals surface area contributed by atoms with E-state index in [0.29, 0.717) is 6.61 Å². The average Bonchev–Trinajstić information content (AvgIpc) is 2.59. The predicted molar refractivity (Wildman–Crippen MR) is 44.9 cm³/mol. The van der Waals surface area contributed by atoms with E-state index in [1.165, 1.54) is 0 Å². The molecule has 2 atom stereocenters. The van der Waals surface area contributed by atoms with E-state index in [1.54, 1.807) is 0 Å². The van der Waals surface area contributed by atoms with E-state index >= 15 is 0 Å². The summed E-state index contributed by atoms with van der Waals surface area (Å²) >= 11 is 0. The topological polar surface area (TPSA) is 46.5 Å². The molecule has 12 heavy (non-hydrogen) atoms. The fraction of sp³-hybridized carbons (Fsp3) is 0.889. The highest BCUT2D eigenvalue weighted by Crippen LogP contribution is 2.39. The van der Waals surface area contributed by atoms with Crippen molar-refractivity contribution in [2.24, 2.45) is 11.8 Å². The summed E-state index contributed by atoms with van der Waals surface area (Å²) in [4.78, 5) is 10.4. The van der Waals surface area contributed by atoms with Crippen LogP contribution in [0.4, 0.5) is 0 Å². The third-order valence-corrected chi connectivity index (χ3v) is 1.97. The molecule has 1 aliphatic rings. The van der Waals surface area contributed by atoms with Gasteiger partial charge in [0.1, 0.15) is 0 Å². The first-order valence-electron chi connectivity index (χ1n) is 4.27. The van der Waals surface area contributed by atoms with Gasteiger partial charge in [-0.2, -0.15) is 0 Å². The SMILES string of the molecule is CC(C)(C)OC[C@@H]1C[C@H]1C(=O)O. The van der Waals surface area contributed by atoms with E-state index in [-0.39, 0.29) is 17.4 Å². The standard InChI is InChI=1S/C9H16O3/c1-9(2,3)12-5-6-4-7(6)8(10)11/h6-7H,4-5H2,1-3H3,(H,10,11)/t6-,7+/m0/s1. The van der Waals surface area contributed by atoms with Crippen molar-refractivity contribution in [1.82, 2.24) is 0 Å². The molecule has 0 radical (unpaired) electrons. The summed E-state index contributed by atoms with van der Waals surface area (Å²) in [6, 6.07) is 0. The molecule has 70 valence electrons. The zero-order chi connectivity index (χ0) is 9.35. The Morgan fingerprint density at radius 2 is 2.17 bits per heavy atom. The summed E-state index contributed by atoms with van der Waals surface area (Å²) in [5.41, 5.74) is -0.147. The van der Waals surface area contributed by atoms with Crippen LogP contribution in [0.25, 0.3) is 0 Å². The van der Waals surface area contributed by atoms with Crippen molar-refractivity contribution in [3.63, 3.8) is 0 Å². The van der Waals surface area contributed by atoms with Crippen LogP contribution in [0.2, 0.25) is 0 Å². The van der Waals surface area contributed by atoms with Crippen molar-refractivity contribution in [3.8, 4) is 0 Å². The van der Waals surface area contributed by atoms with E-state index in [1.807, 2.05) is 20.8 Å². The smallest absolute Gasteiger partial charge is 0.306 e. The first kappa shape index (κ1) is 9.52. The second-order valence-electron chi connectivity index (χ2n) is 4.36. The lowest BCUT2D eigenvalue weighted by Crippen LogP contribution is -2.21. The van der Waals surface area contributed by atoms with E-state index in [9.17, 15) is 4.79 Å². The third kappa shape index (κ3) is 2.81. The van der Waals surface area contributed by atoms with Crippen LogP contribution in [-0.2, 0) is 9.53 Å². The van der Waals surface area contributed by atoms with Crippen LogP contribution in [0.1, 0.15) is 27.2 Å². The molecular weight excluding hydrogens is 156 g/mol. The van der Waals surface area contributed by atoms with Gasteiger partial charge in [0, 0.05) is 0 Å². The molecule has 3 nitrogen and oxygen atoms in total. The predicted octanol–water partition coefficient (Wildman–Crippen LogP) is 1.52. The molecular formula is C9H16O3. The summed E-state index contributed by atoms with van der Waals surface area (Å²) in [6.45, 7) is 6.52. The maximum absolute atomic E-state index is 10.4. The summed E-state index contributed by atoms with van der Waals surface area (Å²) in [7, 11) is 0. The molecule has 0 saturated heterocycles. The van der Waals surface area contributed by atoms with Crippen molar-refractivity contribution >= 4 is 5.97 Å². The molecule has 0 aromatic carbocycles. The lowest BCUT2D eigenvalue weighted by molar-refractivity contribution is -0.139. The molecule has 1 N–H and O–H groups in total. The highest BCUT2D eigenvalue weighted by atomic mass is 16.5. The zero-order valence-electron chi connectivity index (χ0n) is 7.83. The Hall–Kier alpha value is -0.570. The van der Waals surface area contributed by atoms with Crippen LogP contribution >= 0.6 is 0 Å². The molecule has 0 aromatic rings. The number of hydrogen-bond donors (Lipinski definition) is 1. The number of ether oxygens (including phenoxy) is 1. The zero-order valence-corrected chi connectivity index (χ0v) is 7.83. The van der Waals surface area contributed by atoms with Gasteiger partial charge in [0.15, 0.2) is 0 Å². The van der Waals surface area contributed by atoms with Crippen molar-refractivity contribution in [1.29, 1.82) is 0 Å². The molecule has 0 bridgehead atoms. The summed E-state index contributed by atoms with van der Waals surface area (Å²) < 4.78 is 5.47. The van der Waals surface area contributed by atoms with Gasteiger partial charge >= 0.3 is 5.97 Å². The maximum Gasteiger partial charge on any atom is 0.306 e. The highest BCUT2D eigenvalue weighted by molar-refractivity contribution is 5.73. The maximum atomic E-state index is 10.4. The van der Waals surface area contributed by atoms with E-state index in [2.05, 4.69) is 0 Å². The molecule has 1 saturated carbocycles. The van der Waals surface area contributed by atoms with Crippen LogP contribution < -0.4 is 0 Å². The first-order valence-corrected chi connectivity index (χ1v) is 4.27. The van der Waals surface area contributed by atoms with Gasteiger partial charge in [0.25, 0.3) is 0 Å². The third-order valence-electron chi connectivity index (χ3n) is 1.97. The van der Waals surface area contributed by atoms with Crippen molar-refractivity contribution in [3.05, 3.63) is 0 Å². The van der Waals surface area contributed by atoms with Gasteiger partial charge in [-0.3, -0.25) is 4.79 Å². The number of rotatable bonds is 3. The Morgan fingerprint density at radius 1 is 1.58 bits per heavy atom. The van der Waals surface area contributed by atoms with Gasteiger partial charge in [0.2, 0.25) is 0 Å². The van der Waals surface area contributed by atoms with Gasteiger partial charge in [-0.05, 0) is 33.1 Å². The van der Waals surface area contributed by atoms with Crippen LogP contribution in [-0.4, -0.2) is 23.3 Å². The number of carbonyl (C=O) groups is 1. The van der Waals surface area contributed by atoms with Gasteiger partial charge < -0.3 is 9.84 Å². The van der Waals surface area contributed by atoms with Crippen LogP contribution in [0.3, 0.4) is 0 Å². The number of carboxylic acid groups (broad SMARTS) is 1. The molecule has 3 heteroatoms. The monoisotopic (exact) mass is 172 g/mol. The van der Waals surface area contributed by atoms with Gasteiger partial charge in [-0.1, -0.05) is 0 Å². The fourth-order valence-corrected chi connectivity index (χ4v) is 1.09. The largest absolute Gasteiger partial charge is 0.481 e. The van der Waals surface area contributed by atoms with Crippen molar-refractivity contribution in [2.45, 2.75) is 32.8 Å². The Morgan fingerprint density at radius 3 is 2.50 bits per heavy atom. The Bertz CT molecular complexity index is 181. The minimum atomic E-state index is -0.683. The number of aliphatic carboxylic acids is 1. The minimum Gasteiger partial charge on any atom is -0.481 e.